The van der Waals surface area contributed by atoms with Crippen molar-refractivity contribution >= 4 is 27.3 Å². The number of aromatic nitrogens is 2. The van der Waals surface area contributed by atoms with E-state index in [1.807, 2.05) is 32.3 Å². The molecule has 0 radical (unpaired) electrons. The van der Waals surface area contributed by atoms with Gasteiger partial charge in [0.15, 0.2) is 0 Å². The zero-order valence-electron chi connectivity index (χ0n) is 8.44. The van der Waals surface area contributed by atoms with E-state index in [-0.39, 0.29) is 0 Å². The lowest BCUT2D eigenvalue weighted by Gasteiger charge is -2.03. The van der Waals surface area contributed by atoms with Crippen LogP contribution in [0.2, 0.25) is 0 Å². The van der Waals surface area contributed by atoms with Crippen molar-refractivity contribution in [1.29, 1.82) is 0 Å². The molecular formula is C10H11BrN2OS. The summed E-state index contributed by atoms with van der Waals surface area (Å²) in [6.07, 6.45) is 1.20. The molecule has 2 heterocycles. The second-order valence-electron chi connectivity index (χ2n) is 3.42. The highest BCUT2D eigenvalue weighted by Gasteiger charge is 2.16. The van der Waals surface area contributed by atoms with Gasteiger partial charge in [-0.15, -0.1) is 11.3 Å². The summed E-state index contributed by atoms with van der Waals surface area (Å²) in [5, 5.41) is 14.2. The third-order valence-corrected chi connectivity index (χ3v) is 4.35. The molecule has 0 aliphatic rings. The highest BCUT2D eigenvalue weighted by molar-refractivity contribution is 9.11. The molecule has 0 fully saturated rings. The van der Waals surface area contributed by atoms with Crippen LogP contribution in [-0.2, 0) is 7.05 Å². The molecule has 1 N–H and O–H groups in total. The van der Waals surface area contributed by atoms with Crippen LogP contribution < -0.4 is 0 Å². The number of thiophene rings is 1. The zero-order valence-corrected chi connectivity index (χ0v) is 10.8. The van der Waals surface area contributed by atoms with Crippen molar-refractivity contribution in [2.24, 2.45) is 7.05 Å². The maximum Gasteiger partial charge on any atom is 0.132 e. The molecule has 0 aliphatic carbocycles. The van der Waals surface area contributed by atoms with Gasteiger partial charge < -0.3 is 5.11 Å². The minimum Gasteiger partial charge on any atom is -0.381 e. The summed E-state index contributed by atoms with van der Waals surface area (Å²) in [5.41, 5.74) is 1.83. The zero-order chi connectivity index (χ0) is 11.0. The Hall–Kier alpha value is -0.650. The topological polar surface area (TPSA) is 38.0 Å². The maximum absolute atomic E-state index is 10.1. The fourth-order valence-corrected chi connectivity index (χ4v) is 2.91. The van der Waals surface area contributed by atoms with Gasteiger partial charge in [0.1, 0.15) is 6.10 Å². The first-order valence-electron chi connectivity index (χ1n) is 4.51. The SMILES string of the molecule is Cc1cc(C(O)c2ccn(C)n2)sc1Br. The predicted molar refractivity (Wildman–Crippen MR) is 64.0 cm³/mol. The summed E-state index contributed by atoms with van der Waals surface area (Å²) in [5.74, 6) is 0. The van der Waals surface area contributed by atoms with Crippen molar-refractivity contribution in [2.45, 2.75) is 13.0 Å². The molecule has 2 aromatic rings. The third-order valence-electron chi connectivity index (χ3n) is 2.16. The van der Waals surface area contributed by atoms with Crippen molar-refractivity contribution in [2.75, 3.05) is 0 Å². The van der Waals surface area contributed by atoms with Crippen LogP contribution in [0, 0.1) is 6.92 Å². The van der Waals surface area contributed by atoms with Gasteiger partial charge in [-0.1, -0.05) is 0 Å². The van der Waals surface area contributed by atoms with Gasteiger partial charge in [-0.2, -0.15) is 5.10 Å². The largest absolute Gasteiger partial charge is 0.381 e. The molecule has 1 unspecified atom stereocenters. The average molecular weight is 287 g/mol. The van der Waals surface area contributed by atoms with E-state index in [0.29, 0.717) is 5.69 Å². The number of rotatable bonds is 2. The Bertz CT molecular complexity index is 458. The van der Waals surface area contributed by atoms with E-state index in [1.165, 1.54) is 0 Å². The Balaban J connectivity index is 2.31. The summed E-state index contributed by atoms with van der Waals surface area (Å²) >= 11 is 4.99. The van der Waals surface area contributed by atoms with Crippen LogP contribution in [0.1, 0.15) is 22.2 Å². The van der Waals surface area contributed by atoms with E-state index in [4.69, 9.17) is 0 Å². The highest BCUT2D eigenvalue weighted by Crippen LogP contribution is 2.33. The van der Waals surface area contributed by atoms with Crippen molar-refractivity contribution in [3.63, 3.8) is 0 Å². The number of hydrogen-bond acceptors (Lipinski definition) is 3. The molecule has 0 saturated carbocycles. The van der Waals surface area contributed by atoms with Crippen LogP contribution in [-0.4, -0.2) is 14.9 Å². The minimum atomic E-state index is -0.624. The molecule has 0 spiro atoms. The first kappa shape index (κ1) is 10.9. The quantitative estimate of drug-likeness (QED) is 0.922. The molecule has 2 rings (SSSR count). The monoisotopic (exact) mass is 286 g/mol. The molecule has 0 aliphatic heterocycles. The van der Waals surface area contributed by atoms with Crippen LogP contribution in [0.25, 0.3) is 0 Å². The standard InChI is InChI=1S/C10H11BrN2OS/c1-6-5-8(15-10(6)11)9(14)7-3-4-13(2)12-7/h3-5,9,14H,1-2H3. The van der Waals surface area contributed by atoms with Gasteiger partial charge in [-0.05, 0) is 40.5 Å². The van der Waals surface area contributed by atoms with Gasteiger partial charge in [0.25, 0.3) is 0 Å². The minimum absolute atomic E-state index is 0.624. The van der Waals surface area contributed by atoms with Gasteiger partial charge in [0.2, 0.25) is 0 Å². The van der Waals surface area contributed by atoms with E-state index in [9.17, 15) is 5.11 Å². The molecule has 5 heteroatoms. The Morgan fingerprint density at radius 2 is 2.33 bits per heavy atom. The van der Waals surface area contributed by atoms with Gasteiger partial charge in [0.05, 0.1) is 9.48 Å². The summed E-state index contributed by atoms with van der Waals surface area (Å²) in [6, 6.07) is 3.81. The van der Waals surface area contributed by atoms with Gasteiger partial charge >= 0.3 is 0 Å². The lowest BCUT2D eigenvalue weighted by atomic mass is 10.2. The van der Waals surface area contributed by atoms with Gasteiger partial charge in [0, 0.05) is 18.1 Å². The number of aryl methyl sites for hydroxylation is 2. The second kappa shape index (κ2) is 4.08. The molecule has 0 amide bonds. The Morgan fingerprint density at radius 3 is 2.80 bits per heavy atom. The van der Waals surface area contributed by atoms with Crippen molar-refractivity contribution in [3.05, 3.63) is 38.3 Å². The Labute approximate surface area is 100 Å². The van der Waals surface area contributed by atoms with Gasteiger partial charge in [-0.25, -0.2) is 0 Å². The lowest BCUT2D eigenvalue weighted by molar-refractivity contribution is 0.218. The van der Waals surface area contributed by atoms with E-state index in [2.05, 4.69) is 21.0 Å². The molecule has 80 valence electrons. The Kier molecular flexibility index (Phi) is 2.95. The van der Waals surface area contributed by atoms with E-state index in [0.717, 1.165) is 14.2 Å². The van der Waals surface area contributed by atoms with E-state index < -0.39 is 6.10 Å². The number of nitrogens with zero attached hydrogens (tertiary/aromatic N) is 2. The molecule has 1 atom stereocenters. The van der Waals surface area contributed by atoms with E-state index in [1.54, 1.807) is 16.0 Å². The number of aliphatic hydroxyl groups excluding tert-OH is 1. The third kappa shape index (κ3) is 2.14. The van der Waals surface area contributed by atoms with Crippen LogP contribution in [0.3, 0.4) is 0 Å². The highest BCUT2D eigenvalue weighted by atomic mass is 79.9. The molecule has 2 aromatic heterocycles. The van der Waals surface area contributed by atoms with Crippen molar-refractivity contribution in [3.8, 4) is 0 Å². The first-order chi connectivity index (χ1) is 7.08. The predicted octanol–water partition coefficient (Wildman–Crippen LogP) is 2.63. The molecular weight excluding hydrogens is 276 g/mol. The van der Waals surface area contributed by atoms with Crippen molar-refractivity contribution < 1.29 is 5.11 Å². The molecule has 0 saturated heterocycles. The number of halogens is 1. The molecule has 0 aromatic carbocycles. The normalized spacial score (nSPS) is 13.1. The number of hydrogen-bond donors (Lipinski definition) is 1. The summed E-state index contributed by atoms with van der Waals surface area (Å²) in [4.78, 5) is 0.915. The lowest BCUT2D eigenvalue weighted by Crippen LogP contribution is -1.99. The summed E-state index contributed by atoms with van der Waals surface area (Å²) in [7, 11) is 1.84. The molecule has 3 nitrogen and oxygen atoms in total. The average Bonchev–Trinajstić information content (AvgIpc) is 2.74. The second-order valence-corrected chi connectivity index (χ2v) is 5.82. The summed E-state index contributed by atoms with van der Waals surface area (Å²) < 4.78 is 2.75. The fourth-order valence-electron chi connectivity index (χ4n) is 1.34. The van der Waals surface area contributed by atoms with Crippen LogP contribution in [0.5, 0.6) is 0 Å². The smallest absolute Gasteiger partial charge is 0.132 e. The van der Waals surface area contributed by atoms with Crippen LogP contribution >= 0.6 is 27.3 Å². The van der Waals surface area contributed by atoms with Crippen LogP contribution in [0.15, 0.2) is 22.1 Å². The maximum atomic E-state index is 10.1. The molecule has 15 heavy (non-hydrogen) atoms. The first-order valence-corrected chi connectivity index (χ1v) is 6.12. The number of aliphatic hydroxyl groups is 1. The molecule has 0 bridgehead atoms. The van der Waals surface area contributed by atoms with E-state index >= 15 is 0 Å². The fraction of sp³-hybridized carbons (Fsp3) is 0.300. The van der Waals surface area contributed by atoms with Gasteiger partial charge in [-0.3, -0.25) is 4.68 Å². The Morgan fingerprint density at radius 1 is 1.60 bits per heavy atom. The van der Waals surface area contributed by atoms with Crippen LogP contribution in [0.4, 0.5) is 0 Å². The van der Waals surface area contributed by atoms with Crippen molar-refractivity contribution in [1.82, 2.24) is 9.78 Å². The summed E-state index contributed by atoms with van der Waals surface area (Å²) in [6.45, 7) is 2.01.